The summed E-state index contributed by atoms with van der Waals surface area (Å²) in [7, 11) is 0. The monoisotopic (exact) mass is 475 g/mol. The van der Waals surface area contributed by atoms with E-state index >= 15 is 0 Å². The number of rotatable bonds is 7. The zero-order chi connectivity index (χ0) is 24.2. The smallest absolute Gasteiger partial charge is 0.348 e. The number of fused-ring (bicyclic) bond motifs is 1. The molecule has 0 aliphatic carbocycles. The van der Waals surface area contributed by atoms with Crippen LogP contribution in [-0.2, 0) is 22.5 Å². The average molecular weight is 476 g/mol. The number of benzene rings is 2. The van der Waals surface area contributed by atoms with Gasteiger partial charge in [0.25, 0.3) is 5.56 Å². The van der Waals surface area contributed by atoms with Crippen LogP contribution in [0.5, 0.6) is 0 Å². The Labute approximate surface area is 201 Å². The van der Waals surface area contributed by atoms with Gasteiger partial charge in [-0.1, -0.05) is 36.4 Å². The van der Waals surface area contributed by atoms with Crippen molar-refractivity contribution in [2.45, 2.75) is 33.7 Å². The maximum Gasteiger partial charge on any atom is 0.348 e. The minimum Gasteiger partial charge on any atom is -0.461 e. The fraction of sp³-hybridized carbons (Fsp3) is 0.231. The summed E-state index contributed by atoms with van der Waals surface area (Å²) in [6, 6.07) is 15.5. The topological polar surface area (TPSA) is 90.3 Å². The summed E-state index contributed by atoms with van der Waals surface area (Å²) < 4.78 is 6.69. The molecule has 4 aromatic rings. The third-order valence-electron chi connectivity index (χ3n) is 5.39. The minimum atomic E-state index is -0.477. The van der Waals surface area contributed by atoms with Crippen LogP contribution in [0.25, 0.3) is 10.2 Å². The predicted molar refractivity (Wildman–Crippen MR) is 134 cm³/mol. The summed E-state index contributed by atoms with van der Waals surface area (Å²) in [5, 5.41) is 3.16. The van der Waals surface area contributed by atoms with Crippen LogP contribution < -0.4 is 10.9 Å². The van der Waals surface area contributed by atoms with E-state index in [4.69, 9.17) is 4.74 Å². The molecule has 0 radical (unpaired) electrons. The molecule has 7 nitrogen and oxygen atoms in total. The number of thiophene rings is 1. The van der Waals surface area contributed by atoms with Gasteiger partial charge in [0.2, 0.25) is 5.91 Å². The third kappa shape index (κ3) is 5.23. The Hall–Kier alpha value is -3.78. The van der Waals surface area contributed by atoms with Crippen molar-refractivity contribution in [3.05, 3.63) is 92.3 Å². The molecule has 0 bridgehead atoms. The molecule has 1 N–H and O–H groups in total. The highest BCUT2D eigenvalue weighted by Crippen LogP contribution is 2.27. The van der Waals surface area contributed by atoms with E-state index in [9.17, 15) is 14.4 Å². The molecular formula is C26H25N3O4S. The number of aryl methyl sites for hydroxylation is 3. The van der Waals surface area contributed by atoms with E-state index < -0.39 is 5.97 Å². The van der Waals surface area contributed by atoms with Crippen molar-refractivity contribution in [2.24, 2.45) is 0 Å². The van der Waals surface area contributed by atoms with Gasteiger partial charge >= 0.3 is 5.97 Å². The van der Waals surface area contributed by atoms with Crippen LogP contribution in [0.15, 0.2) is 59.7 Å². The van der Waals surface area contributed by atoms with E-state index in [0.717, 1.165) is 28.0 Å². The molecule has 0 spiro atoms. The second kappa shape index (κ2) is 10.0. The summed E-state index contributed by atoms with van der Waals surface area (Å²) in [4.78, 5) is 43.4. The van der Waals surface area contributed by atoms with Crippen LogP contribution in [0.4, 0.5) is 5.69 Å². The summed E-state index contributed by atoms with van der Waals surface area (Å²) >= 11 is 1.13. The summed E-state index contributed by atoms with van der Waals surface area (Å²) in [6.45, 7) is 5.67. The Morgan fingerprint density at radius 2 is 1.76 bits per heavy atom. The van der Waals surface area contributed by atoms with Gasteiger partial charge in [-0.2, -0.15) is 0 Å². The summed E-state index contributed by atoms with van der Waals surface area (Å²) in [5.74, 6) is -0.809. The van der Waals surface area contributed by atoms with Crippen molar-refractivity contribution < 1.29 is 14.3 Å². The van der Waals surface area contributed by atoms with Crippen LogP contribution >= 0.6 is 11.3 Å². The minimum absolute atomic E-state index is 0.180. The zero-order valence-electron chi connectivity index (χ0n) is 19.3. The van der Waals surface area contributed by atoms with Crippen LogP contribution in [0.1, 0.15) is 31.9 Å². The van der Waals surface area contributed by atoms with Crippen molar-refractivity contribution in [3.8, 4) is 0 Å². The maximum atomic E-state index is 13.1. The number of ether oxygens (including phenoxy) is 1. The van der Waals surface area contributed by atoms with Crippen molar-refractivity contribution in [3.63, 3.8) is 0 Å². The molecule has 0 saturated heterocycles. The Bertz CT molecular complexity index is 1400. The number of nitrogens with one attached hydrogen (secondary N) is 1. The van der Waals surface area contributed by atoms with E-state index in [0.29, 0.717) is 32.8 Å². The standard InChI is InChI=1S/C26H25N3O4S/c1-16-11-17(2)13-20(12-16)28-21(30)14-29-15-27-24-22(25(29)31)18(3)23(34-24)26(32)33-10-9-19-7-5-4-6-8-19/h4-8,11-13,15H,9-10,14H2,1-3H3,(H,28,30). The normalized spacial score (nSPS) is 10.9. The number of aromatic nitrogens is 2. The second-order valence-electron chi connectivity index (χ2n) is 8.21. The van der Waals surface area contributed by atoms with E-state index in [1.54, 1.807) is 6.92 Å². The third-order valence-corrected chi connectivity index (χ3v) is 6.57. The quantitative estimate of drug-likeness (QED) is 0.400. The maximum absolute atomic E-state index is 13.1. The number of anilines is 1. The molecular weight excluding hydrogens is 450 g/mol. The molecule has 8 heteroatoms. The molecule has 4 rings (SSSR count). The molecule has 174 valence electrons. The van der Waals surface area contributed by atoms with E-state index in [1.807, 2.05) is 62.4 Å². The van der Waals surface area contributed by atoms with Crippen molar-refractivity contribution in [1.29, 1.82) is 0 Å². The number of carbonyl (C=O) groups is 2. The number of nitrogens with zero attached hydrogens (tertiary/aromatic N) is 2. The highest BCUT2D eigenvalue weighted by atomic mass is 32.1. The van der Waals surface area contributed by atoms with Crippen molar-refractivity contribution in [1.82, 2.24) is 9.55 Å². The summed E-state index contributed by atoms with van der Waals surface area (Å²) in [5.41, 5.74) is 3.98. The predicted octanol–water partition coefficient (Wildman–Crippen LogP) is 4.42. The van der Waals surface area contributed by atoms with Gasteiger partial charge in [-0.25, -0.2) is 9.78 Å². The molecule has 2 heterocycles. The Balaban J connectivity index is 1.48. The number of hydrogen-bond acceptors (Lipinski definition) is 6. The van der Waals surface area contributed by atoms with Gasteiger partial charge in [0.15, 0.2) is 0 Å². The molecule has 1 amide bonds. The van der Waals surface area contributed by atoms with E-state index in [-0.39, 0.29) is 24.6 Å². The highest BCUT2D eigenvalue weighted by molar-refractivity contribution is 7.20. The molecule has 2 aromatic carbocycles. The Morgan fingerprint density at radius 1 is 1.06 bits per heavy atom. The van der Waals surface area contributed by atoms with Crippen LogP contribution in [0.3, 0.4) is 0 Å². The van der Waals surface area contributed by atoms with Crippen LogP contribution in [-0.4, -0.2) is 28.0 Å². The first-order chi connectivity index (χ1) is 16.3. The Kier molecular flexibility index (Phi) is 6.88. The highest BCUT2D eigenvalue weighted by Gasteiger charge is 2.21. The first-order valence-corrected chi connectivity index (χ1v) is 11.7. The lowest BCUT2D eigenvalue weighted by atomic mass is 10.1. The second-order valence-corrected chi connectivity index (χ2v) is 9.21. The summed E-state index contributed by atoms with van der Waals surface area (Å²) in [6.07, 6.45) is 1.95. The fourth-order valence-corrected chi connectivity index (χ4v) is 4.87. The lowest BCUT2D eigenvalue weighted by Crippen LogP contribution is -2.28. The largest absolute Gasteiger partial charge is 0.461 e. The zero-order valence-corrected chi connectivity index (χ0v) is 20.1. The molecule has 0 unspecified atom stereocenters. The van der Waals surface area contributed by atoms with Gasteiger partial charge in [0.1, 0.15) is 16.3 Å². The average Bonchev–Trinajstić information content (AvgIpc) is 3.13. The van der Waals surface area contributed by atoms with Crippen molar-refractivity contribution in [2.75, 3.05) is 11.9 Å². The van der Waals surface area contributed by atoms with Gasteiger partial charge in [-0.15, -0.1) is 11.3 Å². The lowest BCUT2D eigenvalue weighted by Gasteiger charge is -2.09. The van der Waals surface area contributed by atoms with Crippen LogP contribution in [0, 0.1) is 20.8 Å². The molecule has 0 atom stereocenters. The molecule has 0 aliphatic rings. The molecule has 34 heavy (non-hydrogen) atoms. The molecule has 2 aromatic heterocycles. The van der Waals surface area contributed by atoms with Crippen molar-refractivity contribution >= 4 is 39.1 Å². The van der Waals surface area contributed by atoms with E-state index in [1.165, 1.54) is 10.9 Å². The first-order valence-electron chi connectivity index (χ1n) is 10.9. The number of esters is 1. The van der Waals surface area contributed by atoms with E-state index in [2.05, 4.69) is 10.3 Å². The first kappa shape index (κ1) is 23.4. The SMILES string of the molecule is Cc1cc(C)cc(NC(=O)Cn2cnc3sc(C(=O)OCCc4ccccc4)c(C)c3c2=O)c1. The molecule has 0 fully saturated rings. The van der Waals surface area contributed by atoms with Gasteiger partial charge in [-0.3, -0.25) is 14.2 Å². The molecule has 0 saturated carbocycles. The van der Waals surface area contributed by atoms with Crippen LogP contribution in [0.2, 0.25) is 0 Å². The van der Waals surface area contributed by atoms with Gasteiger partial charge < -0.3 is 10.1 Å². The molecule has 0 aliphatic heterocycles. The Morgan fingerprint density at radius 3 is 2.47 bits per heavy atom. The fourth-order valence-electron chi connectivity index (χ4n) is 3.84. The number of hydrogen-bond donors (Lipinski definition) is 1. The number of carbonyl (C=O) groups excluding carboxylic acids is 2. The van der Waals surface area contributed by atoms with Gasteiger partial charge in [0, 0.05) is 12.1 Å². The van der Waals surface area contributed by atoms with Gasteiger partial charge in [-0.05, 0) is 55.2 Å². The number of amides is 1. The lowest BCUT2D eigenvalue weighted by molar-refractivity contribution is -0.116. The van der Waals surface area contributed by atoms with Gasteiger partial charge in [0.05, 0.1) is 18.3 Å².